The Morgan fingerprint density at radius 3 is 2.54 bits per heavy atom. The number of benzene rings is 1. The first-order chi connectivity index (χ1) is 12.4. The van der Waals surface area contributed by atoms with Crippen molar-refractivity contribution < 1.29 is 9.84 Å². The number of hydrogen-bond acceptors (Lipinski definition) is 3. The highest BCUT2D eigenvalue weighted by Crippen LogP contribution is 2.45. The van der Waals surface area contributed by atoms with E-state index < -0.39 is 0 Å². The average Bonchev–Trinajstić information content (AvgIpc) is 3.02. The van der Waals surface area contributed by atoms with Crippen molar-refractivity contribution in [1.82, 2.24) is 4.90 Å². The van der Waals surface area contributed by atoms with E-state index in [1.807, 2.05) is 0 Å². The molecule has 1 aliphatic heterocycles. The van der Waals surface area contributed by atoms with E-state index in [1.54, 1.807) is 7.11 Å². The van der Waals surface area contributed by atoms with Gasteiger partial charge in [-0.05, 0) is 74.5 Å². The van der Waals surface area contributed by atoms with Gasteiger partial charge in [0.2, 0.25) is 0 Å². The lowest BCUT2D eigenvalue weighted by molar-refractivity contribution is -0.0384. The van der Waals surface area contributed by atoms with Crippen LogP contribution in [0.3, 0.4) is 0 Å². The van der Waals surface area contributed by atoms with Crippen molar-refractivity contribution >= 4 is 0 Å². The second-order valence-electron chi connectivity index (χ2n) is 9.68. The van der Waals surface area contributed by atoms with Crippen molar-refractivity contribution in [2.75, 3.05) is 20.2 Å². The summed E-state index contributed by atoms with van der Waals surface area (Å²) in [4.78, 5) is 2.70. The molecular formula is C23H35NO2. The van der Waals surface area contributed by atoms with E-state index in [-0.39, 0.29) is 11.6 Å². The normalized spacial score (nSPS) is 35.0. The van der Waals surface area contributed by atoms with Gasteiger partial charge >= 0.3 is 0 Å². The maximum Gasteiger partial charge on any atom is 0.122 e. The minimum Gasteiger partial charge on any atom is -0.496 e. The molecule has 26 heavy (non-hydrogen) atoms. The zero-order chi connectivity index (χ0) is 18.5. The fraction of sp³-hybridized carbons (Fsp3) is 0.739. The molecule has 3 nitrogen and oxygen atoms in total. The van der Waals surface area contributed by atoms with Gasteiger partial charge in [-0.2, -0.15) is 0 Å². The molecule has 0 aromatic heterocycles. The van der Waals surface area contributed by atoms with E-state index in [1.165, 1.54) is 30.5 Å². The third kappa shape index (κ3) is 3.07. The van der Waals surface area contributed by atoms with Crippen LogP contribution in [0.15, 0.2) is 18.2 Å². The van der Waals surface area contributed by atoms with Gasteiger partial charge in [0.1, 0.15) is 5.75 Å². The predicted molar refractivity (Wildman–Crippen MR) is 106 cm³/mol. The number of ether oxygens (including phenoxy) is 1. The third-order valence-corrected chi connectivity index (χ3v) is 7.78. The first-order valence-corrected chi connectivity index (χ1v) is 10.5. The molecule has 5 atom stereocenters. The molecule has 1 N–H and O–H groups in total. The Morgan fingerprint density at radius 1 is 1.12 bits per heavy atom. The summed E-state index contributed by atoms with van der Waals surface area (Å²) in [6, 6.07) is 6.53. The monoisotopic (exact) mass is 357 g/mol. The van der Waals surface area contributed by atoms with Crippen LogP contribution in [-0.2, 0) is 12.8 Å². The zero-order valence-corrected chi connectivity index (χ0v) is 16.9. The van der Waals surface area contributed by atoms with E-state index in [0.717, 1.165) is 43.4 Å². The molecule has 1 saturated carbocycles. The topological polar surface area (TPSA) is 32.7 Å². The zero-order valence-electron chi connectivity index (χ0n) is 16.9. The molecular weight excluding hydrogens is 322 g/mol. The first kappa shape index (κ1) is 18.3. The van der Waals surface area contributed by atoms with E-state index in [9.17, 15) is 5.11 Å². The maximum absolute atomic E-state index is 10.8. The van der Waals surface area contributed by atoms with Gasteiger partial charge in [-0.1, -0.05) is 25.5 Å². The molecule has 0 amide bonds. The molecule has 0 bridgehead atoms. The van der Waals surface area contributed by atoms with Crippen LogP contribution in [0.25, 0.3) is 0 Å². The van der Waals surface area contributed by atoms with E-state index in [0.29, 0.717) is 11.8 Å². The number of hydrogen-bond donors (Lipinski definition) is 1. The average molecular weight is 358 g/mol. The third-order valence-electron chi connectivity index (χ3n) is 7.78. The molecule has 2 fully saturated rings. The van der Waals surface area contributed by atoms with Crippen molar-refractivity contribution in [3.8, 4) is 5.75 Å². The lowest BCUT2D eigenvalue weighted by atomic mass is 9.71. The fourth-order valence-electron chi connectivity index (χ4n) is 6.05. The van der Waals surface area contributed by atoms with E-state index >= 15 is 0 Å². The predicted octanol–water partition coefficient (Wildman–Crippen LogP) is 3.92. The highest BCUT2D eigenvalue weighted by Gasteiger charge is 2.47. The van der Waals surface area contributed by atoms with Crippen LogP contribution in [-0.4, -0.2) is 41.8 Å². The summed E-state index contributed by atoms with van der Waals surface area (Å²) in [5, 5.41) is 10.8. The first-order valence-electron chi connectivity index (χ1n) is 10.5. The summed E-state index contributed by atoms with van der Waals surface area (Å²) in [5.41, 5.74) is 2.99. The Labute approximate surface area is 158 Å². The second-order valence-corrected chi connectivity index (χ2v) is 9.68. The molecule has 1 heterocycles. The maximum atomic E-state index is 10.8. The van der Waals surface area contributed by atoms with Gasteiger partial charge in [-0.3, -0.25) is 4.90 Å². The Balaban J connectivity index is 1.51. The summed E-state index contributed by atoms with van der Waals surface area (Å²) in [6.07, 6.45) is 5.56. The van der Waals surface area contributed by atoms with Gasteiger partial charge < -0.3 is 9.84 Å². The van der Waals surface area contributed by atoms with Gasteiger partial charge in [0.05, 0.1) is 13.2 Å². The molecule has 1 saturated heterocycles. The summed E-state index contributed by atoms with van der Waals surface area (Å²) in [6.45, 7) is 9.37. The van der Waals surface area contributed by atoms with Crippen molar-refractivity contribution in [3.63, 3.8) is 0 Å². The number of nitrogens with zero attached hydrogens (tertiary/aromatic N) is 1. The summed E-state index contributed by atoms with van der Waals surface area (Å²) < 4.78 is 5.63. The van der Waals surface area contributed by atoms with Crippen LogP contribution in [0.4, 0.5) is 0 Å². The Bertz CT molecular complexity index is 656. The highest BCUT2D eigenvalue weighted by molar-refractivity contribution is 5.42. The molecule has 3 heteroatoms. The molecule has 0 spiro atoms. The van der Waals surface area contributed by atoms with Crippen molar-refractivity contribution in [1.29, 1.82) is 0 Å². The summed E-state index contributed by atoms with van der Waals surface area (Å²) >= 11 is 0. The Morgan fingerprint density at radius 2 is 1.85 bits per heavy atom. The minimum atomic E-state index is -0.145. The van der Waals surface area contributed by atoms with Crippen molar-refractivity contribution in [3.05, 3.63) is 29.3 Å². The molecule has 0 radical (unpaired) electrons. The number of rotatable bonds is 3. The standard InChI is InChI=1S/C23H35NO2/c1-15-8-9-20(21(25)10-15)23(2,3)24-13-17-11-16-6-5-7-22(26-4)19(16)12-18(17)14-24/h5-7,15,17-18,20-21,25H,8-14H2,1-4H3/t15-,17+,18+,20-,21-/m1/s1. The van der Waals surface area contributed by atoms with Crippen LogP contribution in [0, 0.1) is 23.7 Å². The lowest BCUT2D eigenvalue weighted by Gasteiger charge is -2.47. The number of aliphatic hydroxyl groups excluding tert-OH is 1. The lowest BCUT2D eigenvalue weighted by Crippen LogP contribution is -2.53. The van der Waals surface area contributed by atoms with Gasteiger partial charge in [0.15, 0.2) is 0 Å². The van der Waals surface area contributed by atoms with Crippen LogP contribution in [0.5, 0.6) is 5.75 Å². The molecule has 1 aromatic rings. The van der Waals surface area contributed by atoms with Crippen LogP contribution >= 0.6 is 0 Å². The van der Waals surface area contributed by atoms with Gasteiger partial charge in [0.25, 0.3) is 0 Å². The van der Waals surface area contributed by atoms with Gasteiger partial charge in [-0.15, -0.1) is 0 Å². The molecule has 2 aliphatic carbocycles. The number of methoxy groups -OCH3 is 1. The second kappa shape index (κ2) is 6.83. The van der Waals surface area contributed by atoms with Crippen molar-refractivity contribution in [2.24, 2.45) is 23.7 Å². The number of aliphatic hydroxyl groups is 1. The smallest absolute Gasteiger partial charge is 0.122 e. The molecule has 0 unspecified atom stereocenters. The summed E-state index contributed by atoms with van der Waals surface area (Å²) in [7, 11) is 1.79. The van der Waals surface area contributed by atoms with Crippen molar-refractivity contribution in [2.45, 2.75) is 64.5 Å². The van der Waals surface area contributed by atoms with Crippen LogP contribution in [0.2, 0.25) is 0 Å². The quantitative estimate of drug-likeness (QED) is 0.890. The van der Waals surface area contributed by atoms with Gasteiger partial charge in [-0.25, -0.2) is 0 Å². The van der Waals surface area contributed by atoms with Crippen LogP contribution < -0.4 is 4.74 Å². The molecule has 144 valence electrons. The van der Waals surface area contributed by atoms with Gasteiger partial charge in [0, 0.05) is 24.5 Å². The number of fused-ring (bicyclic) bond motifs is 2. The molecule has 1 aromatic carbocycles. The molecule has 3 aliphatic rings. The fourth-order valence-corrected chi connectivity index (χ4v) is 6.05. The minimum absolute atomic E-state index is 0.0766. The largest absolute Gasteiger partial charge is 0.496 e. The Hall–Kier alpha value is -1.06. The van der Waals surface area contributed by atoms with Crippen LogP contribution in [0.1, 0.15) is 51.2 Å². The van der Waals surface area contributed by atoms with E-state index in [2.05, 4.69) is 43.9 Å². The number of likely N-dealkylation sites (tertiary alicyclic amines) is 1. The highest BCUT2D eigenvalue weighted by atomic mass is 16.5. The Kier molecular flexibility index (Phi) is 4.81. The SMILES string of the molecule is COc1cccc2c1C[C@H]1CN(C(C)(C)[C@@H]3CC[C@@H](C)C[C@H]3O)C[C@@H]1C2. The summed E-state index contributed by atoms with van der Waals surface area (Å²) in [5.74, 6) is 3.59. The van der Waals surface area contributed by atoms with E-state index in [4.69, 9.17) is 4.74 Å². The molecule has 4 rings (SSSR count).